The molecule has 3 amide bonds. The molecule has 3 N–H and O–H groups in total. The van der Waals surface area contributed by atoms with Gasteiger partial charge in [0.1, 0.15) is 11.0 Å². The standard InChI is InChI=1S/C20H23N3O5S/c1-13-5-4-6-18(11-13)22-19(25)12-29(27,28)14(2)20(26)23-17-9-7-16(8-10-17)21-15(3)24/h4-11,14H,12H2,1-3H3,(H,21,24)(H,22,25)(H,23,26). The normalized spacial score (nSPS) is 12.0. The van der Waals surface area contributed by atoms with E-state index in [4.69, 9.17) is 0 Å². The van der Waals surface area contributed by atoms with E-state index in [0.29, 0.717) is 17.1 Å². The fraction of sp³-hybridized carbons (Fsp3) is 0.250. The molecule has 2 aromatic rings. The predicted octanol–water partition coefficient (Wildman–Crippen LogP) is 2.33. The molecule has 0 bridgehead atoms. The lowest BCUT2D eigenvalue weighted by atomic mass is 10.2. The molecule has 29 heavy (non-hydrogen) atoms. The van der Waals surface area contributed by atoms with Crippen molar-refractivity contribution in [2.24, 2.45) is 0 Å². The van der Waals surface area contributed by atoms with Crippen molar-refractivity contribution in [1.82, 2.24) is 0 Å². The monoisotopic (exact) mass is 417 g/mol. The lowest BCUT2D eigenvalue weighted by Gasteiger charge is -2.14. The minimum absolute atomic E-state index is 0.231. The number of benzene rings is 2. The van der Waals surface area contributed by atoms with Gasteiger partial charge in [0.2, 0.25) is 17.7 Å². The summed E-state index contributed by atoms with van der Waals surface area (Å²) in [4.78, 5) is 35.4. The van der Waals surface area contributed by atoms with Gasteiger partial charge < -0.3 is 16.0 Å². The fourth-order valence-electron chi connectivity index (χ4n) is 2.47. The van der Waals surface area contributed by atoms with Crippen LogP contribution < -0.4 is 16.0 Å². The Kier molecular flexibility index (Phi) is 7.11. The Hall–Kier alpha value is -3.20. The van der Waals surface area contributed by atoms with Crippen molar-refractivity contribution in [2.75, 3.05) is 21.7 Å². The van der Waals surface area contributed by atoms with Crippen LogP contribution in [0.15, 0.2) is 48.5 Å². The van der Waals surface area contributed by atoms with E-state index in [1.807, 2.05) is 13.0 Å². The molecule has 0 heterocycles. The molecule has 8 nitrogen and oxygen atoms in total. The molecule has 0 aliphatic carbocycles. The van der Waals surface area contributed by atoms with E-state index in [1.165, 1.54) is 26.0 Å². The van der Waals surface area contributed by atoms with Gasteiger partial charge >= 0.3 is 0 Å². The van der Waals surface area contributed by atoms with Crippen LogP contribution in [0.2, 0.25) is 0 Å². The van der Waals surface area contributed by atoms with Crippen LogP contribution in [0.4, 0.5) is 17.1 Å². The zero-order valence-corrected chi connectivity index (χ0v) is 17.2. The number of hydrogen-bond donors (Lipinski definition) is 3. The second-order valence-electron chi connectivity index (χ2n) is 6.61. The molecule has 0 fully saturated rings. The third-order valence-electron chi connectivity index (χ3n) is 4.01. The van der Waals surface area contributed by atoms with Gasteiger partial charge in [0.05, 0.1) is 0 Å². The third kappa shape index (κ3) is 6.72. The Bertz CT molecular complexity index is 1020. The first kappa shape index (κ1) is 22.1. The molecule has 0 radical (unpaired) electrons. The van der Waals surface area contributed by atoms with Crippen molar-refractivity contribution >= 4 is 44.6 Å². The number of carbonyl (C=O) groups excluding carboxylic acids is 3. The van der Waals surface area contributed by atoms with E-state index >= 15 is 0 Å². The van der Waals surface area contributed by atoms with E-state index in [0.717, 1.165) is 5.56 Å². The number of amides is 3. The summed E-state index contributed by atoms with van der Waals surface area (Å²) in [7, 11) is -4.01. The summed E-state index contributed by atoms with van der Waals surface area (Å²) in [6, 6.07) is 13.2. The van der Waals surface area contributed by atoms with Gasteiger partial charge in [-0.15, -0.1) is 0 Å². The topological polar surface area (TPSA) is 121 Å². The van der Waals surface area contributed by atoms with Crippen molar-refractivity contribution < 1.29 is 22.8 Å². The van der Waals surface area contributed by atoms with E-state index in [9.17, 15) is 22.8 Å². The van der Waals surface area contributed by atoms with Gasteiger partial charge in [-0.1, -0.05) is 12.1 Å². The van der Waals surface area contributed by atoms with Gasteiger partial charge in [-0.2, -0.15) is 0 Å². The highest BCUT2D eigenvalue weighted by Crippen LogP contribution is 2.15. The Balaban J connectivity index is 1.97. The van der Waals surface area contributed by atoms with Gasteiger partial charge in [0, 0.05) is 24.0 Å². The summed E-state index contributed by atoms with van der Waals surface area (Å²) in [5, 5.41) is 6.19. The summed E-state index contributed by atoms with van der Waals surface area (Å²) in [5.41, 5.74) is 2.32. The van der Waals surface area contributed by atoms with E-state index in [2.05, 4.69) is 16.0 Å². The lowest BCUT2D eigenvalue weighted by molar-refractivity contribution is -0.116. The van der Waals surface area contributed by atoms with Gasteiger partial charge in [-0.25, -0.2) is 8.42 Å². The molecule has 0 aliphatic rings. The molecule has 1 unspecified atom stereocenters. The summed E-state index contributed by atoms with van der Waals surface area (Å²) in [6.45, 7) is 4.45. The third-order valence-corrected chi connectivity index (χ3v) is 5.97. The van der Waals surface area contributed by atoms with Crippen molar-refractivity contribution in [3.8, 4) is 0 Å². The Morgan fingerprint density at radius 2 is 1.48 bits per heavy atom. The van der Waals surface area contributed by atoms with Gasteiger partial charge in [-0.05, 0) is 55.8 Å². The van der Waals surface area contributed by atoms with E-state index in [1.54, 1.807) is 30.3 Å². The first-order valence-electron chi connectivity index (χ1n) is 8.83. The predicted molar refractivity (Wildman–Crippen MR) is 112 cm³/mol. The molecule has 2 aromatic carbocycles. The van der Waals surface area contributed by atoms with Crippen LogP contribution in [0.5, 0.6) is 0 Å². The van der Waals surface area contributed by atoms with Crippen LogP contribution in [-0.2, 0) is 24.2 Å². The zero-order chi connectivity index (χ0) is 21.6. The summed E-state index contributed by atoms with van der Waals surface area (Å²) < 4.78 is 24.9. The zero-order valence-electron chi connectivity index (χ0n) is 16.4. The van der Waals surface area contributed by atoms with Crippen LogP contribution >= 0.6 is 0 Å². The molecule has 154 valence electrons. The maximum Gasteiger partial charge on any atom is 0.242 e. The van der Waals surface area contributed by atoms with Gasteiger partial charge in [-0.3, -0.25) is 14.4 Å². The summed E-state index contributed by atoms with van der Waals surface area (Å²) in [5.74, 6) is -2.50. The maximum atomic E-state index is 12.4. The number of anilines is 3. The molecular formula is C20H23N3O5S. The highest BCUT2D eigenvalue weighted by molar-refractivity contribution is 7.93. The summed E-state index contributed by atoms with van der Waals surface area (Å²) >= 11 is 0. The van der Waals surface area contributed by atoms with Crippen LogP contribution in [-0.4, -0.2) is 37.1 Å². The van der Waals surface area contributed by atoms with E-state index in [-0.39, 0.29) is 5.91 Å². The highest BCUT2D eigenvalue weighted by atomic mass is 32.2. The molecular weight excluding hydrogens is 394 g/mol. The lowest BCUT2D eigenvalue weighted by Crippen LogP contribution is -2.37. The van der Waals surface area contributed by atoms with Crippen molar-refractivity contribution in [1.29, 1.82) is 0 Å². The number of sulfone groups is 1. The fourth-order valence-corrected chi connectivity index (χ4v) is 3.55. The van der Waals surface area contributed by atoms with Gasteiger partial charge in [0.15, 0.2) is 9.84 Å². The van der Waals surface area contributed by atoms with Crippen LogP contribution in [0.3, 0.4) is 0 Å². The SMILES string of the molecule is CC(=O)Nc1ccc(NC(=O)C(C)S(=O)(=O)CC(=O)Nc2cccc(C)c2)cc1. The van der Waals surface area contributed by atoms with Gasteiger partial charge in [0.25, 0.3) is 0 Å². The number of hydrogen-bond acceptors (Lipinski definition) is 5. The Morgan fingerprint density at radius 1 is 0.897 bits per heavy atom. The molecule has 1 atom stereocenters. The van der Waals surface area contributed by atoms with Crippen LogP contribution in [0, 0.1) is 6.92 Å². The maximum absolute atomic E-state index is 12.4. The minimum Gasteiger partial charge on any atom is -0.326 e. The Labute approximate surface area is 169 Å². The molecule has 0 aliphatic heterocycles. The van der Waals surface area contributed by atoms with Crippen molar-refractivity contribution in [3.05, 3.63) is 54.1 Å². The largest absolute Gasteiger partial charge is 0.326 e. The average molecular weight is 417 g/mol. The smallest absolute Gasteiger partial charge is 0.242 e. The van der Waals surface area contributed by atoms with Crippen molar-refractivity contribution in [2.45, 2.75) is 26.0 Å². The molecule has 0 aromatic heterocycles. The Morgan fingerprint density at radius 3 is 2.03 bits per heavy atom. The quantitative estimate of drug-likeness (QED) is 0.638. The molecule has 0 saturated carbocycles. The second-order valence-corrected chi connectivity index (χ2v) is 8.94. The molecule has 0 spiro atoms. The highest BCUT2D eigenvalue weighted by Gasteiger charge is 2.30. The number of rotatable bonds is 7. The average Bonchev–Trinajstić information content (AvgIpc) is 2.61. The van der Waals surface area contributed by atoms with Crippen LogP contribution in [0.25, 0.3) is 0 Å². The summed E-state index contributed by atoms with van der Waals surface area (Å²) in [6.07, 6.45) is 0. The molecule has 0 saturated heterocycles. The van der Waals surface area contributed by atoms with Crippen LogP contribution in [0.1, 0.15) is 19.4 Å². The van der Waals surface area contributed by atoms with E-state index < -0.39 is 32.7 Å². The molecule has 2 rings (SSSR count). The minimum atomic E-state index is -4.01. The number of nitrogens with one attached hydrogen (secondary N) is 3. The number of aryl methyl sites for hydroxylation is 1. The number of carbonyl (C=O) groups is 3. The first-order valence-corrected chi connectivity index (χ1v) is 10.5. The first-order chi connectivity index (χ1) is 13.6. The van der Waals surface area contributed by atoms with Crippen molar-refractivity contribution in [3.63, 3.8) is 0 Å². The second kappa shape index (κ2) is 9.33. The molecule has 9 heteroatoms.